The molecule has 1 aromatic carbocycles. The van der Waals surface area contributed by atoms with E-state index in [1.807, 2.05) is 0 Å². The number of nitrogens with zero attached hydrogens (tertiary/aromatic N) is 2. The molecule has 0 amide bonds. The van der Waals surface area contributed by atoms with E-state index in [0.717, 1.165) is 29.8 Å². The summed E-state index contributed by atoms with van der Waals surface area (Å²) >= 11 is 0. The number of imidazole rings is 1. The van der Waals surface area contributed by atoms with Crippen molar-refractivity contribution >= 4 is 11.0 Å². The molecule has 0 N–H and O–H groups in total. The van der Waals surface area contributed by atoms with Crippen molar-refractivity contribution in [1.82, 2.24) is 9.55 Å². The third kappa shape index (κ3) is 1.42. The Labute approximate surface area is 87.7 Å². The molecule has 3 rings (SSSR count). The predicted octanol–water partition coefficient (Wildman–Crippen LogP) is 2.90. The SMILES string of the molecule is Fc1ccc2nc3n(c2c1)CCCCC3. The normalized spacial score (nSPS) is 16.3. The van der Waals surface area contributed by atoms with Crippen molar-refractivity contribution in [3.8, 4) is 0 Å². The fourth-order valence-corrected chi connectivity index (χ4v) is 2.32. The van der Waals surface area contributed by atoms with Gasteiger partial charge in [-0.2, -0.15) is 0 Å². The van der Waals surface area contributed by atoms with E-state index in [1.54, 1.807) is 12.1 Å². The molecule has 0 saturated heterocycles. The zero-order valence-corrected chi connectivity index (χ0v) is 8.54. The highest BCUT2D eigenvalue weighted by atomic mass is 19.1. The van der Waals surface area contributed by atoms with Gasteiger partial charge in [-0.25, -0.2) is 9.37 Å². The largest absolute Gasteiger partial charge is 0.328 e. The molecule has 0 aliphatic carbocycles. The van der Waals surface area contributed by atoms with E-state index in [4.69, 9.17) is 0 Å². The summed E-state index contributed by atoms with van der Waals surface area (Å²) in [6, 6.07) is 4.85. The first-order chi connectivity index (χ1) is 7.34. The van der Waals surface area contributed by atoms with Gasteiger partial charge in [-0.1, -0.05) is 6.42 Å². The maximum atomic E-state index is 13.1. The standard InChI is InChI=1S/C12H13FN2/c13-9-5-6-10-11(8-9)15-7-3-1-2-4-12(15)14-10/h5-6,8H,1-4,7H2. The van der Waals surface area contributed by atoms with E-state index in [1.165, 1.54) is 25.3 Å². The maximum Gasteiger partial charge on any atom is 0.125 e. The molecular weight excluding hydrogens is 191 g/mol. The third-order valence-corrected chi connectivity index (χ3v) is 3.07. The number of aromatic nitrogens is 2. The van der Waals surface area contributed by atoms with Crippen molar-refractivity contribution in [3.05, 3.63) is 29.8 Å². The molecule has 1 aliphatic rings. The number of fused-ring (bicyclic) bond motifs is 3. The Kier molecular flexibility index (Phi) is 1.97. The lowest BCUT2D eigenvalue weighted by atomic mass is 10.2. The predicted molar refractivity (Wildman–Crippen MR) is 57.2 cm³/mol. The van der Waals surface area contributed by atoms with Crippen molar-refractivity contribution in [3.63, 3.8) is 0 Å². The first-order valence-electron chi connectivity index (χ1n) is 5.49. The van der Waals surface area contributed by atoms with E-state index in [-0.39, 0.29) is 5.82 Å². The fraction of sp³-hybridized carbons (Fsp3) is 0.417. The van der Waals surface area contributed by atoms with Crippen molar-refractivity contribution in [1.29, 1.82) is 0 Å². The molecule has 15 heavy (non-hydrogen) atoms. The molecule has 78 valence electrons. The summed E-state index contributed by atoms with van der Waals surface area (Å²) in [5, 5.41) is 0. The van der Waals surface area contributed by atoms with E-state index in [0.29, 0.717) is 0 Å². The first kappa shape index (κ1) is 8.89. The van der Waals surface area contributed by atoms with Crippen LogP contribution in [-0.2, 0) is 13.0 Å². The van der Waals surface area contributed by atoms with Gasteiger partial charge in [0.05, 0.1) is 11.0 Å². The number of aryl methyl sites for hydroxylation is 2. The molecule has 0 atom stereocenters. The average Bonchev–Trinajstić information content (AvgIpc) is 2.44. The van der Waals surface area contributed by atoms with Crippen LogP contribution < -0.4 is 0 Å². The van der Waals surface area contributed by atoms with Crippen molar-refractivity contribution in [2.24, 2.45) is 0 Å². The summed E-state index contributed by atoms with van der Waals surface area (Å²) in [7, 11) is 0. The summed E-state index contributed by atoms with van der Waals surface area (Å²) in [6.45, 7) is 0.981. The first-order valence-corrected chi connectivity index (χ1v) is 5.49. The zero-order valence-electron chi connectivity index (χ0n) is 8.54. The minimum absolute atomic E-state index is 0.172. The molecule has 2 aromatic rings. The molecule has 0 radical (unpaired) electrons. The van der Waals surface area contributed by atoms with Crippen LogP contribution in [0.15, 0.2) is 18.2 Å². The van der Waals surface area contributed by atoms with Gasteiger partial charge >= 0.3 is 0 Å². The molecular formula is C12H13FN2. The van der Waals surface area contributed by atoms with Crippen LogP contribution in [0.2, 0.25) is 0 Å². The van der Waals surface area contributed by atoms with E-state index < -0.39 is 0 Å². The van der Waals surface area contributed by atoms with E-state index in [9.17, 15) is 4.39 Å². The van der Waals surface area contributed by atoms with Gasteiger partial charge in [0.1, 0.15) is 11.6 Å². The molecule has 0 unspecified atom stereocenters. The summed E-state index contributed by atoms with van der Waals surface area (Å²) in [6.07, 6.45) is 4.65. The lowest BCUT2D eigenvalue weighted by Gasteiger charge is -2.03. The van der Waals surface area contributed by atoms with Gasteiger partial charge in [0.15, 0.2) is 0 Å². The third-order valence-electron chi connectivity index (χ3n) is 3.07. The van der Waals surface area contributed by atoms with Crippen LogP contribution in [0.3, 0.4) is 0 Å². The van der Waals surface area contributed by atoms with Crippen molar-refractivity contribution < 1.29 is 4.39 Å². The maximum absolute atomic E-state index is 13.1. The van der Waals surface area contributed by atoms with Gasteiger partial charge in [-0.05, 0) is 31.0 Å². The smallest absolute Gasteiger partial charge is 0.125 e. The molecule has 0 bridgehead atoms. The van der Waals surface area contributed by atoms with Crippen molar-refractivity contribution in [2.45, 2.75) is 32.2 Å². The quantitative estimate of drug-likeness (QED) is 0.645. The van der Waals surface area contributed by atoms with E-state index >= 15 is 0 Å². The van der Waals surface area contributed by atoms with Gasteiger partial charge in [-0.15, -0.1) is 0 Å². The number of hydrogen-bond acceptors (Lipinski definition) is 1. The Hall–Kier alpha value is -1.38. The van der Waals surface area contributed by atoms with Gasteiger partial charge < -0.3 is 4.57 Å². The zero-order chi connectivity index (χ0) is 10.3. The Morgan fingerprint density at radius 1 is 1.20 bits per heavy atom. The summed E-state index contributed by atoms with van der Waals surface area (Å²) < 4.78 is 15.3. The van der Waals surface area contributed by atoms with Crippen LogP contribution in [0, 0.1) is 5.82 Å². The molecule has 0 fully saturated rings. The molecule has 2 nitrogen and oxygen atoms in total. The molecule has 3 heteroatoms. The summed E-state index contributed by atoms with van der Waals surface area (Å²) in [5.74, 6) is 0.947. The highest BCUT2D eigenvalue weighted by Gasteiger charge is 2.13. The fourth-order valence-electron chi connectivity index (χ4n) is 2.32. The molecule has 0 saturated carbocycles. The average molecular weight is 204 g/mol. The number of benzene rings is 1. The second-order valence-electron chi connectivity index (χ2n) is 4.12. The molecule has 2 heterocycles. The highest BCUT2D eigenvalue weighted by Crippen LogP contribution is 2.22. The lowest BCUT2D eigenvalue weighted by Crippen LogP contribution is -2.00. The van der Waals surface area contributed by atoms with Crippen LogP contribution in [-0.4, -0.2) is 9.55 Å². The van der Waals surface area contributed by atoms with Gasteiger partial charge in [0.2, 0.25) is 0 Å². The van der Waals surface area contributed by atoms with Gasteiger partial charge in [0, 0.05) is 13.0 Å². The minimum Gasteiger partial charge on any atom is -0.328 e. The Balaban J connectivity index is 2.24. The molecule has 1 aliphatic heterocycles. The van der Waals surface area contributed by atoms with Crippen LogP contribution in [0.4, 0.5) is 4.39 Å². The number of halogens is 1. The van der Waals surface area contributed by atoms with E-state index in [2.05, 4.69) is 9.55 Å². The highest BCUT2D eigenvalue weighted by molar-refractivity contribution is 5.76. The van der Waals surface area contributed by atoms with Crippen LogP contribution in [0.25, 0.3) is 11.0 Å². The Bertz CT molecular complexity index is 502. The lowest BCUT2D eigenvalue weighted by molar-refractivity contribution is 0.623. The van der Waals surface area contributed by atoms with Gasteiger partial charge in [-0.3, -0.25) is 0 Å². The topological polar surface area (TPSA) is 17.8 Å². The summed E-state index contributed by atoms with van der Waals surface area (Å²) in [5.41, 5.74) is 1.88. The Morgan fingerprint density at radius 3 is 3.07 bits per heavy atom. The monoisotopic (exact) mass is 204 g/mol. The molecule has 0 spiro atoms. The van der Waals surface area contributed by atoms with Crippen LogP contribution >= 0.6 is 0 Å². The second-order valence-corrected chi connectivity index (χ2v) is 4.12. The second kappa shape index (κ2) is 3.33. The number of rotatable bonds is 0. The van der Waals surface area contributed by atoms with Crippen LogP contribution in [0.5, 0.6) is 0 Å². The van der Waals surface area contributed by atoms with Crippen LogP contribution in [0.1, 0.15) is 25.1 Å². The van der Waals surface area contributed by atoms with Gasteiger partial charge in [0.25, 0.3) is 0 Å². The Morgan fingerprint density at radius 2 is 2.13 bits per heavy atom. The van der Waals surface area contributed by atoms with Crippen molar-refractivity contribution in [2.75, 3.05) is 0 Å². The number of hydrogen-bond donors (Lipinski definition) is 0. The summed E-state index contributed by atoms with van der Waals surface area (Å²) in [4.78, 5) is 4.55. The molecule has 1 aromatic heterocycles. The minimum atomic E-state index is -0.172.